The van der Waals surface area contributed by atoms with E-state index in [4.69, 9.17) is 4.42 Å². The summed E-state index contributed by atoms with van der Waals surface area (Å²) in [7, 11) is 0. The van der Waals surface area contributed by atoms with E-state index >= 15 is 0 Å². The number of aryl methyl sites for hydroxylation is 1. The normalized spacial score (nSPS) is 10.4. The number of anilines is 1. The lowest BCUT2D eigenvalue weighted by molar-refractivity contribution is 0.492. The Bertz CT molecular complexity index is 385. The Morgan fingerprint density at radius 2 is 2.36 bits per heavy atom. The summed E-state index contributed by atoms with van der Waals surface area (Å²) in [6, 6.07) is 3.88. The number of aromatic nitrogens is 2. The summed E-state index contributed by atoms with van der Waals surface area (Å²) >= 11 is 3.68. The average molecular weight is 321 g/mol. The van der Waals surface area contributed by atoms with Crippen molar-refractivity contribution in [1.82, 2.24) is 10.2 Å². The Morgan fingerprint density at radius 1 is 1.50 bits per heavy atom. The van der Waals surface area contributed by atoms with Crippen LogP contribution in [0.1, 0.15) is 10.8 Å². The number of hydrogen-bond acceptors (Lipinski definition) is 5. The molecule has 0 unspecified atom stereocenters. The van der Waals surface area contributed by atoms with E-state index in [1.807, 2.05) is 19.1 Å². The molecule has 2 heterocycles. The van der Waals surface area contributed by atoms with Crippen molar-refractivity contribution < 1.29 is 4.42 Å². The van der Waals surface area contributed by atoms with Crippen molar-refractivity contribution in [3.63, 3.8) is 0 Å². The first-order valence-corrected chi connectivity index (χ1v) is 5.92. The topological polar surface area (TPSA) is 51.0 Å². The van der Waals surface area contributed by atoms with Gasteiger partial charge in [-0.2, -0.15) is 0 Å². The Kier molecular flexibility index (Phi) is 3.02. The molecule has 0 aromatic carbocycles. The van der Waals surface area contributed by atoms with Crippen LogP contribution in [-0.4, -0.2) is 10.2 Å². The van der Waals surface area contributed by atoms with Crippen LogP contribution in [-0.2, 0) is 6.54 Å². The van der Waals surface area contributed by atoms with E-state index in [0.717, 1.165) is 19.7 Å². The molecule has 0 aliphatic rings. The second-order valence-electron chi connectivity index (χ2n) is 2.69. The van der Waals surface area contributed by atoms with Gasteiger partial charge in [0, 0.05) is 0 Å². The molecule has 0 aliphatic heterocycles. The standard InChI is InChI=1S/C8H8IN3OS/c1-5-11-12-8(14-5)10-4-6-2-3-7(9)13-6/h2-3H,4H2,1H3,(H,10,12). The fourth-order valence-electron chi connectivity index (χ4n) is 0.977. The molecule has 0 aliphatic carbocycles. The predicted molar refractivity (Wildman–Crippen MR) is 63.4 cm³/mol. The Balaban J connectivity index is 1.94. The summed E-state index contributed by atoms with van der Waals surface area (Å²) in [4.78, 5) is 0. The SMILES string of the molecule is Cc1nnc(NCc2ccc(I)o2)s1. The molecule has 0 saturated heterocycles. The highest BCUT2D eigenvalue weighted by Crippen LogP contribution is 2.16. The van der Waals surface area contributed by atoms with E-state index in [1.165, 1.54) is 11.3 Å². The van der Waals surface area contributed by atoms with Gasteiger partial charge in [0.25, 0.3) is 0 Å². The molecule has 6 heteroatoms. The molecule has 4 nitrogen and oxygen atoms in total. The first-order chi connectivity index (χ1) is 6.74. The van der Waals surface area contributed by atoms with Gasteiger partial charge in [-0.3, -0.25) is 0 Å². The molecule has 2 rings (SSSR count). The molecule has 1 N–H and O–H groups in total. The Morgan fingerprint density at radius 3 is 2.93 bits per heavy atom. The lowest BCUT2D eigenvalue weighted by Crippen LogP contribution is -1.97. The van der Waals surface area contributed by atoms with Crippen molar-refractivity contribution in [3.05, 3.63) is 26.7 Å². The zero-order valence-corrected chi connectivity index (χ0v) is 10.4. The van der Waals surface area contributed by atoms with E-state index in [1.54, 1.807) is 0 Å². The predicted octanol–water partition coefficient (Wildman–Crippen LogP) is 2.66. The van der Waals surface area contributed by atoms with Crippen molar-refractivity contribution in [2.45, 2.75) is 13.5 Å². The molecule has 0 saturated carbocycles. The highest BCUT2D eigenvalue weighted by Gasteiger charge is 2.02. The number of nitrogens with one attached hydrogen (secondary N) is 1. The van der Waals surface area contributed by atoms with Crippen LogP contribution >= 0.6 is 33.9 Å². The fraction of sp³-hybridized carbons (Fsp3) is 0.250. The second-order valence-corrected chi connectivity index (χ2v) is 4.93. The molecule has 0 amide bonds. The highest BCUT2D eigenvalue weighted by molar-refractivity contribution is 14.1. The maximum absolute atomic E-state index is 5.39. The van der Waals surface area contributed by atoms with E-state index in [0.29, 0.717) is 6.54 Å². The third kappa shape index (κ3) is 2.44. The van der Waals surface area contributed by atoms with Crippen LogP contribution in [0.3, 0.4) is 0 Å². The monoisotopic (exact) mass is 321 g/mol. The minimum atomic E-state index is 0.650. The van der Waals surface area contributed by atoms with Crippen LogP contribution < -0.4 is 5.32 Å². The maximum Gasteiger partial charge on any atom is 0.206 e. The molecule has 0 radical (unpaired) electrons. The van der Waals surface area contributed by atoms with Gasteiger partial charge < -0.3 is 9.73 Å². The zero-order chi connectivity index (χ0) is 9.97. The molecule has 74 valence electrons. The molecule has 0 atom stereocenters. The van der Waals surface area contributed by atoms with Crippen LogP contribution in [0, 0.1) is 10.7 Å². The summed E-state index contributed by atoms with van der Waals surface area (Å²) in [5.74, 6) is 0.905. The van der Waals surface area contributed by atoms with E-state index in [2.05, 4.69) is 38.1 Å². The summed E-state index contributed by atoms with van der Waals surface area (Å²) < 4.78 is 6.29. The minimum absolute atomic E-state index is 0.650. The van der Waals surface area contributed by atoms with E-state index in [-0.39, 0.29) is 0 Å². The van der Waals surface area contributed by atoms with Gasteiger partial charge >= 0.3 is 0 Å². The second kappa shape index (κ2) is 4.26. The summed E-state index contributed by atoms with van der Waals surface area (Å²) in [5.41, 5.74) is 0. The van der Waals surface area contributed by atoms with Crippen LogP contribution in [0.2, 0.25) is 0 Å². The highest BCUT2D eigenvalue weighted by atomic mass is 127. The van der Waals surface area contributed by atoms with Gasteiger partial charge in [0.2, 0.25) is 5.13 Å². The third-order valence-electron chi connectivity index (χ3n) is 1.57. The Labute approximate surface area is 98.9 Å². The minimum Gasteiger partial charge on any atom is -0.454 e. The molecule has 0 spiro atoms. The van der Waals surface area contributed by atoms with Crippen LogP contribution in [0.5, 0.6) is 0 Å². The van der Waals surface area contributed by atoms with Gasteiger partial charge in [0.05, 0.1) is 6.54 Å². The quantitative estimate of drug-likeness (QED) is 0.883. The Hall–Kier alpha value is -0.630. The zero-order valence-electron chi connectivity index (χ0n) is 7.45. The lowest BCUT2D eigenvalue weighted by Gasteiger charge is -1.96. The first kappa shape index (κ1) is 9.91. The molecule has 2 aromatic rings. The summed E-state index contributed by atoms with van der Waals surface area (Å²) in [6.45, 7) is 2.58. The number of furan rings is 1. The van der Waals surface area contributed by atoms with Crippen LogP contribution in [0.25, 0.3) is 0 Å². The van der Waals surface area contributed by atoms with Crippen molar-refractivity contribution >= 4 is 39.1 Å². The number of hydrogen-bond donors (Lipinski definition) is 1. The van der Waals surface area contributed by atoms with Crippen LogP contribution in [0.15, 0.2) is 16.5 Å². The van der Waals surface area contributed by atoms with E-state index < -0.39 is 0 Å². The number of nitrogens with zero attached hydrogens (tertiary/aromatic N) is 2. The largest absolute Gasteiger partial charge is 0.454 e. The molecular weight excluding hydrogens is 313 g/mol. The third-order valence-corrected chi connectivity index (χ3v) is 2.94. The molecule has 0 bridgehead atoms. The number of rotatable bonds is 3. The van der Waals surface area contributed by atoms with Gasteiger partial charge in [0.15, 0.2) is 3.77 Å². The summed E-state index contributed by atoms with van der Waals surface area (Å²) in [5, 5.41) is 12.8. The fourth-order valence-corrected chi connectivity index (χ4v) is 2.03. The van der Waals surface area contributed by atoms with Crippen molar-refractivity contribution in [2.75, 3.05) is 5.32 Å². The van der Waals surface area contributed by atoms with Gasteiger partial charge in [-0.25, -0.2) is 0 Å². The molecule has 0 fully saturated rings. The maximum atomic E-state index is 5.39. The smallest absolute Gasteiger partial charge is 0.206 e. The van der Waals surface area contributed by atoms with Crippen molar-refractivity contribution in [2.24, 2.45) is 0 Å². The van der Waals surface area contributed by atoms with Gasteiger partial charge in [-0.1, -0.05) is 11.3 Å². The van der Waals surface area contributed by atoms with E-state index in [9.17, 15) is 0 Å². The van der Waals surface area contributed by atoms with Crippen molar-refractivity contribution in [1.29, 1.82) is 0 Å². The van der Waals surface area contributed by atoms with Gasteiger partial charge in [-0.05, 0) is 41.6 Å². The molecule has 14 heavy (non-hydrogen) atoms. The van der Waals surface area contributed by atoms with Gasteiger partial charge in [-0.15, -0.1) is 10.2 Å². The lowest BCUT2D eigenvalue weighted by atomic mass is 10.4. The van der Waals surface area contributed by atoms with Crippen molar-refractivity contribution in [3.8, 4) is 0 Å². The first-order valence-electron chi connectivity index (χ1n) is 4.02. The average Bonchev–Trinajstić information content (AvgIpc) is 2.72. The summed E-state index contributed by atoms with van der Waals surface area (Å²) in [6.07, 6.45) is 0. The van der Waals surface area contributed by atoms with Crippen LogP contribution in [0.4, 0.5) is 5.13 Å². The molecule has 2 aromatic heterocycles. The van der Waals surface area contributed by atoms with Gasteiger partial charge in [0.1, 0.15) is 10.8 Å². The number of halogens is 1. The molecular formula is C8H8IN3OS.